The number of hydrogen-bond donors (Lipinski definition) is 0. The molecule has 1 aliphatic heterocycles. The van der Waals surface area contributed by atoms with Gasteiger partial charge in [-0.25, -0.2) is 0 Å². The van der Waals surface area contributed by atoms with E-state index in [1.807, 2.05) is 12.1 Å². The molecule has 0 saturated heterocycles. The van der Waals surface area contributed by atoms with Crippen molar-refractivity contribution < 1.29 is 17.9 Å². The molecule has 2 rings (SSSR count). The van der Waals surface area contributed by atoms with E-state index < -0.39 is 34.3 Å². The van der Waals surface area contributed by atoms with Gasteiger partial charge in [0.15, 0.2) is 11.3 Å². The van der Waals surface area contributed by atoms with E-state index >= 15 is 0 Å². The monoisotopic (exact) mass is 468 g/mol. The summed E-state index contributed by atoms with van der Waals surface area (Å²) in [6, 6.07) is 12.1. The number of anilines is 1. The molecule has 178 valence electrons. The minimum atomic E-state index is -4.88. The summed E-state index contributed by atoms with van der Waals surface area (Å²) in [6.07, 6.45) is 2.05. The van der Waals surface area contributed by atoms with Gasteiger partial charge < -0.3 is 9.64 Å². The molecular formula is C26H27F3N4O. The van der Waals surface area contributed by atoms with Gasteiger partial charge in [0.2, 0.25) is 5.60 Å². The summed E-state index contributed by atoms with van der Waals surface area (Å²) in [5.41, 5.74) is -2.78. The largest absolute Gasteiger partial charge is 0.470 e. The average molecular weight is 469 g/mol. The van der Waals surface area contributed by atoms with Gasteiger partial charge in [-0.3, -0.25) is 0 Å². The third-order valence-electron chi connectivity index (χ3n) is 5.68. The Morgan fingerprint density at radius 3 is 2.00 bits per heavy atom. The fourth-order valence-electron chi connectivity index (χ4n) is 3.58. The Morgan fingerprint density at radius 1 is 1.00 bits per heavy atom. The Bertz CT molecular complexity index is 1070. The van der Waals surface area contributed by atoms with Gasteiger partial charge in [0, 0.05) is 24.4 Å². The van der Waals surface area contributed by atoms with Crippen LogP contribution in [0, 0.1) is 34.0 Å². The number of hydrogen-bond acceptors (Lipinski definition) is 5. The van der Waals surface area contributed by atoms with Crippen LogP contribution in [0.2, 0.25) is 0 Å². The fourth-order valence-corrected chi connectivity index (χ4v) is 3.58. The molecule has 1 aromatic rings. The second-order valence-electron chi connectivity index (χ2n) is 8.08. The third-order valence-corrected chi connectivity index (χ3v) is 5.68. The first-order chi connectivity index (χ1) is 16.2. The van der Waals surface area contributed by atoms with Gasteiger partial charge in [-0.1, -0.05) is 51.0 Å². The van der Waals surface area contributed by atoms with E-state index in [2.05, 4.69) is 18.7 Å². The maximum atomic E-state index is 13.9. The molecule has 0 amide bonds. The number of alkyl halides is 3. The molecule has 1 atom stereocenters. The van der Waals surface area contributed by atoms with Crippen LogP contribution in [0.5, 0.6) is 0 Å². The molecule has 1 aromatic carbocycles. The van der Waals surface area contributed by atoms with Crippen LogP contribution in [0.3, 0.4) is 0 Å². The van der Waals surface area contributed by atoms with Crippen LogP contribution in [0.1, 0.15) is 52.0 Å². The van der Waals surface area contributed by atoms with Gasteiger partial charge in [-0.2, -0.15) is 29.0 Å². The first kappa shape index (κ1) is 26.6. The molecule has 0 N–H and O–H groups in total. The lowest BCUT2D eigenvalue weighted by Crippen LogP contribution is -2.43. The van der Waals surface area contributed by atoms with Crippen LogP contribution >= 0.6 is 0 Å². The van der Waals surface area contributed by atoms with Crippen molar-refractivity contribution in [3.05, 3.63) is 58.4 Å². The summed E-state index contributed by atoms with van der Waals surface area (Å²) in [5.74, 6) is -0.648. The van der Waals surface area contributed by atoms with E-state index in [0.717, 1.165) is 51.4 Å². The number of halogens is 3. The Kier molecular flexibility index (Phi) is 8.93. The Hall–Kier alpha value is -3.70. The molecule has 0 saturated carbocycles. The second kappa shape index (κ2) is 11.4. The number of nitriles is 3. The SMILES string of the molecule is CCCCN(CCCC)c1ccc(/C=C/C2=C(C#N)C(=C(C#N)C#N)OC2(C)C(F)(F)F)cc1. The van der Waals surface area contributed by atoms with Crippen molar-refractivity contribution in [3.63, 3.8) is 0 Å². The van der Waals surface area contributed by atoms with E-state index in [1.165, 1.54) is 24.3 Å². The number of allylic oxidation sites excluding steroid dienone is 2. The smallest absolute Gasteiger partial charge is 0.432 e. The summed E-state index contributed by atoms with van der Waals surface area (Å²) in [4.78, 5) is 2.30. The van der Waals surface area contributed by atoms with Gasteiger partial charge in [-0.05, 0) is 37.5 Å². The molecule has 0 aromatic heterocycles. The van der Waals surface area contributed by atoms with Crippen molar-refractivity contribution in [2.24, 2.45) is 0 Å². The topological polar surface area (TPSA) is 83.8 Å². The number of rotatable bonds is 9. The molecule has 1 unspecified atom stereocenters. The van der Waals surface area contributed by atoms with Crippen molar-refractivity contribution in [1.29, 1.82) is 15.8 Å². The average Bonchev–Trinajstić information content (AvgIpc) is 3.11. The number of nitrogens with zero attached hydrogens (tertiary/aromatic N) is 4. The maximum Gasteiger partial charge on any atom is 0.432 e. The first-order valence-electron chi connectivity index (χ1n) is 11.1. The molecule has 34 heavy (non-hydrogen) atoms. The van der Waals surface area contributed by atoms with Crippen molar-refractivity contribution >= 4 is 11.8 Å². The highest BCUT2D eigenvalue weighted by molar-refractivity contribution is 5.65. The number of benzene rings is 1. The van der Waals surface area contributed by atoms with Crippen LogP contribution in [-0.4, -0.2) is 24.9 Å². The number of ether oxygens (including phenoxy) is 1. The zero-order valence-corrected chi connectivity index (χ0v) is 19.5. The molecule has 1 heterocycles. The third kappa shape index (κ3) is 5.61. The maximum absolute atomic E-state index is 13.9. The van der Waals surface area contributed by atoms with Crippen LogP contribution in [0.4, 0.5) is 18.9 Å². The lowest BCUT2D eigenvalue weighted by molar-refractivity contribution is -0.236. The van der Waals surface area contributed by atoms with Gasteiger partial charge in [0.1, 0.15) is 23.8 Å². The molecule has 0 radical (unpaired) electrons. The van der Waals surface area contributed by atoms with E-state index in [4.69, 9.17) is 15.3 Å². The zero-order chi connectivity index (χ0) is 25.4. The summed E-state index contributed by atoms with van der Waals surface area (Å²) >= 11 is 0. The van der Waals surface area contributed by atoms with E-state index in [0.29, 0.717) is 5.56 Å². The van der Waals surface area contributed by atoms with Crippen LogP contribution < -0.4 is 4.90 Å². The molecule has 0 bridgehead atoms. The van der Waals surface area contributed by atoms with E-state index in [9.17, 15) is 18.4 Å². The van der Waals surface area contributed by atoms with Crippen molar-refractivity contribution in [1.82, 2.24) is 0 Å². The highest BCUT2D eigenvalue weighted by Gasteiger charge is 2.60. The standard InChI is InChI=1S/C26H27F3N4O/c1-4-6-14-33(15-7-5-2)21-11-8-19(9-12-21)10-13-23-22(18-32)24(20(16-30)17-31)34-25(23,3)26(27,28)29/h8-13H,4-7,14-15H2,1-3H3/b13-10+. The predicted octanol–water partition coefficient (Wildman–Crippen LogP) is 6.58. The molecule has 0 fully saturated rings. The minimum Gasteiger partial charge on any atom is -0.470 e. The minimum absolute atomic E-state index is 0.447. The highest BCUT2D eigenvalue weighted by atomic mass is 19.4. The summed E-state index contributed by atoms with van der Waals surface area (Å²) < 4.78 is 46.8. The Balaban J connectivity index is 2.45. The summed E-state index contributed by atoms with van der Waals surface area (Å²) in [7, 11) is 0. The lowest BCUT2D eigenvalue weighted by atomic mass is 9.91. The van der Waals surface area contributed by atoms with Gasteiger partial charge in [-0.15, -0.1) is 0 Å². The fraction of sp³-hybridized carbons (Fsp3) is 0.423. The quantitative estimate of drug-likeness (QED) is 0.382. The highest BCUT2D eigenvalue weighted by Crippen LogP contribution is 2.49. The van der Waals surface area contributed by atoms with Gasteiger partial charge in [0.25, 0.3) is 0 Å². The molecule has 8 heteroatoms. The van der Waals surface area contributed by atoms with Crippen molar-refractivity contribution in [2.75, 3.05) is 18.0 Å². The van der Waals surface area contributed by atoms with Crippen molar-refractivity contribution in [3.8, 4) is 18.2 Å². The second-order valence-corrected chi connectivity index (χ2v) is 8.08. The molecule has 1 aliphatic rings. The Morgan fingerprint density at radius 2 is 1.56 bits per heavy atom. The number of unbranched alkanes of at least 4 members (excludes halogenated alkanes) is 2. The van der Waals surface area contributed by atoms with Crippen LogP contribution in [-0.2, 0) is 4.74 Å². The van der Waals surface area contributed by atoms with Crippen LogP contribution in [0.15, 0.2) is 52.8 Å². The molecule has 5 nitrogen and oxygen atoms in total. The van der Waals surface area contributed by atoms with Gasteiger partial charge in [0.05, 0.1) is 0 Å². The van der Waals surface area contributed by atoms with E-state index in [1.54, 1.807) is 18.2 Å². The normalized spacial score (nSPS) is 17.8. The van der Waals surface area contributed by atoms with Gasteiger partial charge >= 0.3 is 6.18 Å². The lowest BCUT2D eigenvalue weighted by Gasteiger charge is -2.28. The molecular weight excluding hydrogens is 441 g/mol. The first-order valence-corrected chi connectivity index (χ1v) is 11.1. The molecule has 0 spiro atoms. The summed E-state index contributed by atoms with van der Waals surface area (Å²) in [5, 5.41) is 27.7. The van der Waals surface area contributed by atoms with Crippen LogP contribution in [0.25, 0.3) is 6.08 Å². The predicted molar refractivity (Wildman–Crippen MR) is 124 cm³/mol. The summed E-state index contributed by atoms with van der Waals surface area (Å²) in [6.45, 7) is 6.91. The Labute approximate surface area is 198 Å². The van der Waals surface area contributed by atoms with E-state index in [-0.39, 0.29) is 0 Å². The zero-order valence-electron chi connectivity index (χ0n) is 19.5. The van der Waals surface area contributed by atoms with Crippen molar-refractivity contribution in [2.45, 2.75) is 58.2 Å². The molecule has 0 aliphatic carbocycles.